The lowest BCUT2D eigenvalue weighted by Crippen LogP contribution is -2.13. The predicted octanol–water partition coefficient (Wildman–Crippen LogP) is 1.88. The summed E-state index contributed by atoms with van der Waals surface area (Å²) in [6, 6.07) is 7.42. The van der Waals surface area contributed by atoms with E-state index >= 15 is 0 Å². The minimum absolute atomic E-state index is 0.00389. The molecule has 0 aliphatic carbocycles. The molecule has 1 amide bonds. The first-order valence-corrected chi connectivity index (χ1v) is 6.68. The molecule has 3 rings (SSSR count). The Balaban J connectivity index is 1.75. The van der Waals surface area contributed by atoms with Crippen LogP contribution in [0.2, 0.25) is 0 Å². The van der Waals surface area contributed by atoms with Gasteiger partial charge in [0.1, 0.15) is 0 Å². The third kappa shape index (κ3) is 2.54. The van der Waals surface area contributed by atoms with Crippen LogP contribution in [0.5, 0.6) is 0 Å². The minimum Gasteiger partial charge on any atom is -0.319 e. The maximum Gasteiger partial charge on any atom is 0.297 e. The van der Waals surface area contributed by atoms with Crippen LogP contribution in [0.3, 0.4) is 0 Å². The fraction of sp³-hybridized carbons (Fsp3) is 0.0833. The number of aryl methyl sites for hydroxylation is 1. The highest BCUT2D eigenvalue weighted by molar-refractivity contribution is 7.09. The monoisotopic (exact) mass is 286 g/mol. The standard InChI is InChI=1S/C12H10N6OS/c1-7-13-10(6-20-7)8-2-4-9(5-3-8)14-12(19)11-15-17-18-16-11/h2-6H,1H3,(H,14,19)(H,15,16,17,18). The number of hydrogen-bond donors (Lipinski definition) is 2. The molecule has 1 aromatic carbocycles. The molecular formula is C12H10N6OS. The molecule has 0 aliphatic rings. The Bertz CT molecular complexity index is 719. The summed E-state index contributed by atoms with van der Waals surface area (Å²) in [5, 5.41) is 18.5. The number of benzene rings is 1. The van der Waals surface area contributed by atoms with Crippen LogP contribution < -0.4 is 5.32 Å². The number of nitrogens with one attached hydrogen (secondary N) is 2. The molecule has 2 N–H and O–H groups in total. The number of tetrazole rings is 1. The van der Waals surface area contributed by atoms with Gasteiger partial charge in [-0.3, -0.25) is 4.79 Å². The SMILES string of the molecule is Cc1nc(-c2ccc(NC(=O)c3nn[nH]n3)cc2)cs1. The highest BCUT2D eigenvalue weighted by Gasteiger charge is 2.10. The van der Waals surface area contributed by atoms with Crippen molar-refractivity contribution in [1.29, 1.82) is 0 Å². The Labute approximate surface area is 118 Å². The van der Waals surface area contributed by atoms with Crippen LogP contribution in [0.25, 0.3) is 11.3 Å². The topological polar surface area (TPSA) is 96.5 Å². The summed E-state index contributed by atoms with van der Waals surface area (Å²) in [4.78, 5) is 16.1. The van der Waals surface area contributed by atoms with Crippen LogP contribution in [-0.4, -0.2) is 31.5 Å². The van der Waals surface area contributed by atoms with Gasteiger partial charge in [0.05, 0.1) is 10.7 Å². The summed E-state index contributed by atoms with van der Waals surface area (Å²) in [7, 11) is 0. The van der Waals surface area contributed by atoms with Gasteiger partial charge in [0.25, 0.3) is 11.7 Å². The average molecular weight is 286 g/mol. The van der Waals surface area contributed by atoms with Crippen molar-refractivity contribution >= 4 is 22.9 Å². The normalized spacial score (nSPS) is 10.4. The second-order valence-electron chi connectivity index (χ2n) is 4.02. The van der Waals surface area contributed by atoms with E-state index < -0.39 is 5.91 Å². The van der Waals surface area contributed by atoms with Gasteiger partial charge in [-0.05, 0) is 24.3 Å². The summed E-state index contributed by atoms with van der Waals surface area (Å²) in [6.07, 6.45) is 0. The van der Waals surface area contributed by atoms with Gasteiger partial charge >= 0.3 is 0 Å². The van der Waals surface area contributed by atoms with Gasteiger partial charge in [0.15, 0.2) is 0 Å². The number of thiazole rings is 1. The third-order valence-corrected chi connectivity index (χ3v) is 3.38. The van der Waals surface area contributed by atoms with Crippen LogP contribution in [0.15, 0.2) is 29.6 Å². The highest BCUT2D eigenvalue weighted by Crippen LogP contribution is 2.23. The molecule has 2 heterocycles. The Morgan fingerprint density at radius 2 is 2.10 bits per heavy atom. The van der Waals surface area contributed by atoms with Gasteiger partial charge in [-0.2, -0.15) is 5.21 Å². The largest absolute Gasteiger partial charge is 0.319 e. The predicted molar refractivity (Wildman–Crippen MR) is 74.4 cm³/mol. The molecule has 2 aromatic heterocycles. The lowest BCUT2D eigenvalue weighted by atomic mass is 10.1. The first kappa shape index (κ1) is 12.4. The van der Waals surface area contributed by atoms with E-state index in [4.69, 9.17) is 0 Å². The molecule has 0 saturated heterocycles. The summed E-state index contributed by atoms with van der Waals surface area (Å²) < 4.78 is 0. The summed E-state index contributed by atoms with van der Waals surface area (Å²) in [5.41, 5.74) is 2.60. The van der Waals surface area contributed by atoms with Gasteiger partial charge in [-0.1, -0.05) is 12.1 Å². The molecule has 0 bridgehead atoms. The molecule has 0 spiro atoms. The van der Waals surface area contributed by atoms with Crippen molar-refractivity contribution in [1.82, 2.24) is 25.6 Å². The number of H-pyrrole nitrogens is 1. The first-order valence-electron chi connectivity index (χ1n) is 5.80. The van der Waals surface area contributed by atoms with E-state index in [1.165, 1.54) is 0 Å². The Hall–Kier alpha value is -2.61. The fourth-order valence-corrected chi connectivity index (χ4v) is 2.29. The fourth-order valence-electron chi connectivity index (χ4n) is 1.67. The number of amides is 1. The third-order valence-electron chi connectivity index (χ3n) is 2.61. The number of aromatic amines is 1. The summed E-state index contributed by atoms with van der Waals surface area (Å²) in [5.74, 6) is -0.403. The Kier molecular flexibility index (Phi) is 3.21. The van der Waals surface area contributed by atoms with Crippen molar-refractivity contribution in [3.63, 3.8) is 0 Å². The van der Waals surface area contributed by atoms with Gasteiger partial charge in [-0.15, -0.1) is 21.5 Å². The lowest BCUT2D eigenvalue weighted by Gasteiger charge is -2.03. The highest BCUT2D eigenvalue weighted by atomic mass is 32.1. The maximum absolute atomic E-state index is 11.7. The van der Waals surface area contributed by atoms with Gasteiger partial charge in [0, 0.05) is 16.6 Å². The molecule has 100 valence electrons. The molecule has 3 aromatic rings. The Morgan fingerprint density at radius 1 is 1.30 bits per heavy atom. The van der Waals surface area contributed by atoms with Crippen LogP contribution >= 0.6 is 11.3 Å². The number of anilines is 1. The lowest BCUT2D eigenvalue weighted by molar-refractivity contribution is 0.101. The quantitative estimate of drug-likeness (QED) is 0.766. The number of hydrogen-bond acceptors (Lipinski definition) is 6. The van der Waals surface area contributed by atoms with Crippen LogP contribution in [0.4, 0.5) is 5.69 Å². The molecule has 0 radical (unpaired) electrons. The Morgan fingerprint density at radius 3 is 2.70 bits per heavy atom. The number of nitrogens with zero attached hydrogens (tertiary/aromatic N) is 4. The first-order chi connectivity index (χ1) is 9.72. The number of carbonyl (C=O) groups excluding carboxylic acids is 1. The summed E-state index contributed by atoms with van der Waals surface area (Å²) >= 11 is 1.60. The van der Waals surface area contributed by atoms with E-state index in [1.807, 2.05) is 36.6 Å². The molecule has 7 nitrogen and oxygen atoms in total. The van der Waals surface area contributed by atoms with Gasteiger partial charge < -0.3 is 5.32 Å². The maximum atomic E-state index is 11.7. The van der Waals surface area contributed by atoms with E-state index in [9.17, 15) is 4.79 Å². The van der Waals surface area contributed by atoms with E-state index in [1.54, 1.807) is 11.3 Å². The van der Waals surface area contributed by atoms with Crippen LogP contribution in [-0.2, 0) is 0 Å². The zero-order chi connectivity index (χ0) is 13.9. The smallest absolute Gasteiger partial charge is 0.297 e. The van der Waals surface area contributed by atoms with E-state index in [0.717, 1.165) is 16.3 Å². The van der Waals surface area contributed by atoms with Gasteiger partial charge in [-0.25, -0.2) is 4.98 Å². The molecule has 8 heteroatoms. The molecular weight excluding hydrogens is 276 g/mol. The van der Waals surface area contributed by atoms with E-state index in [2.05, 4.69) is 30.9 Å². The van der Waals surface area contributed by atoms with Crippen molar-refractivity contribution < 1.29 is 4.79 Å². The number of rotatable bonds is 3. The van der Waals surface area contributed by atoms with Gasteiger partial charge in [0.2, 0.25) is 0 Å². The van der Waals surface area contributed by atoms with Crippen molar-refractivity contribution in [3.05, 3.63) is 40.5 Å². The second kappa shape index (κ2) is 5.17. The van der Waals surface area contributed by atoms with Crippen LogP contribution in [0, 0.1) is 6.92 Å². The number of aromatic nitrogens is 5. The minimum atomic E-state index is -0.406. The zero-order valence-electron chi connectivity index (χ0n) is 10.5. The zero-order valence-corrected chi connectivity index (χ0v) is 11.3. The number of carbonyl (C=O) groups is 1. The molecule has 0 atom stereocenters. The summed E-state index contributed by atoms with van der Waals surface area (Å²) in [6.45, 7) is 1.97. The van der Waals surface area contributed by atoms with Crippen molar-refractivity contribution in [3.8, 4) is 11.3 Å². The molecule has 0 aliphatic heterocycles. The van der Waals surface area contributed by atoms with Crippen molar-refractivity contribution in [2.45, 2.75) is 6.92 Å². The molecule has 0 fully saturated rings. The molecule has 0 saturated carbocycles. The second-order valence-corrected chi connectivity index (χ2v) is 5.08. The van der Waals surface area contributed by atoms with Crippen molar-refractivity contribution in [2.24, 2.45) is 0 Å². The van der Waals surface area contributed by atoms with Crippen molar-refractivity contribution in [2.75, 3.05) is 5.32 Å². The van der Waals surface area contributed by atoms with E-state index in [-0.39, 0.29) is 5.82 Å². The van der Waals surface area contributed by atoms with E-state index in [0.29, 0.717) is 5.69 Å². The molecule has 20 heavy (non-hydrogen) atoms. The van der Waals surface area contributed by atoms with Crippen LogP contribution in [0.1, 0.15) is 15.6 Å². The average Bonchev–Trinajstić information content (AvgIpc) is 3.10. The molecule has 0 unspecified atom stereocenters.